The van der Waals surface area contributed by atoms with Crippen molar-refractivity contribution in [2.45, 2.75) is 27.2 Å². The summed E-state index contributed by atoms with van der Waals surface area (Å²) < 4.78 is 10.3. The van der Waals surface area contributed by atoms with Crippen molar-refractivity contribution in [3.8, 4) is 0 Å². The van der Waals surface area contributed by atoms with Crippen molar-refractivity contribution in [2.75, 3.05) is 38.8 Å². The lowest BCUT2D eigenvalue weighted by atomic mass is 10.2. The van der Waals surface area contributed by atoms with E-state index in [0.717, 1.165) is 35.9 Å². The highest BCUT2D eigenvalue weighted by Crippen LogP contribution is 2.14. The lowest BCUT2D eigenvalue weighted by Gasteiger charge is -2.11. The summed E-state index contributed by atoms with van der Waals surface area (Å²) in [6.07, 6.45) is 0.725. The van der Waals surface area contributed by atoms with Crippen molar-refractivity contribution in [3.63, 3.8) is 0 Å². The summed E-state index contributed by atoms with van der Waals surface area (Å²) in [5.41, 5.74) is 2.13. The van der Waals surface area contributed by atoms with Gasteiger partial charge in [0, 0.05) is 31.3 Å². The first-order chi connectivity index (χ1) is 8.69. The number of rotatable bonds is 8. The number of hydrogen-bond donors (Lipinski definition) is 1. The lowest BCUT2D eigenvalue weighted by Crippen LogP contribution is -2.11. The van der Waals surface area contributed by atoms with Crippen LogP contribution in [0.1, 0.15) is 24.0 Å². The first kappa shape index (κ1) is 14.9. The number of methoxy groups -OCH3 is 1. The van der Waals surface area contributed by atoms with E-state index in [9.17, 15) is 0 Å². The molecule has 1 heterocycles. The Morgan fingerprint density at radius 1 is 1.11 bits per heavy atom. The molecule has 0 aliphatic heterocycles. The Labute approximate surface area is 109 Å². The number of hydrogen-bond acceptors (Lipinski definition) is 5. The molecule has 0 radical (unpaired) electrons. The van der Waals surface area contributed by atoms with Crippen molar-refractivity contribution in [1.82, 2.24) is 9.97 Å². The highest BCUT2D eigenvalue weighted by atomic mass is 16.5. The Morgan fingerprint density at radius 3 is 2.56 bits per heavy atom. The summed E-state index contributed by atoms with van der Waals surface area (Å²) >= 11 is 0. The van der Waals surface area contributed by atoms with Crippen LogP contribution in [0.5, 0.6) is 0 Å². The first-order valence-corrected chi connectivity index (χ1v) is 6.33. The number of anilines is 1. The van der Waals surface area contributed by atoms with Gasteiger partial charge < -0.3 is 14.8 Å². The van der Waals surface area contributed by atoms with Gasteiger partial charge in [-0.1, -0.05) is 0 Å². The normalized spacial score (nSPS) is 10.7. The lowest BCUT2D eigenvalue weighted by molar-refractivity contribution is 0.0716. The summed E-state index contributed by atoms with van der Waals surface area (Å²) in [4.78, 5) is 8.98. The SMILES string of the molecule is CCNc1nc(CCOCCOC)nc(C)c1C. The second-order valence-electron chi connectivity index (χ2n) is 4.08. The van der Waals surface area contributed by atoms with E-state index < -0.39 is 0 Å². The average Bonchev–Trinajstić information content (AvgIpc) is 2.35. The van der Waals surface area contributed by atoms with E-state index in [-0.39, 0.29) is 0 Å². The Kier molecular flexibility index (Phi) is 6.60. The van der Waals surface area contributed by atoms with E-state index >= 15 is 0 Å². The molecule has 0 spiro atoms. The fraction of sp³-hybridized carbons (Fsp3) is 0.692. The molecule has 0 unspecified atom stereocenters. The van der Waals surface area contributed by atoms with Crippen molar-refractivity contribution < 1.29 is 9.47 Å². The van der Waals surface area contributed by atoms with Crippen LogP contribution in [0, 0.1) is 13.8 Å². The number of aromatic nitrogens is 2. The minimum absolute atomic E-state index is 0.613. The minimum Gasteiger partial charge on any atom is -0.382 e. The van der Waals surface area contributed by atoms with Crippen LogP contribution in [0.4, 0.5) is 5.82 Å². The molecule has 0 atom stereocenters. The second kappa shape index (κ2) is 8.00. The van der Waals surface area contributed by atoms with Crippen LogP contribution in [0.15, 0.2) is 0 Å². The largest absolute Gasteiger partial charge is 0.382 e. The van der Waals surface area contributed by atoms with Gasteiger partial charge in [0.2, 0.25) is 0 Å². The molecular formula is C13H23N3O2. The van der Waals surface area contributed by atoms with E-state index in [0.29, 0.717) is 19.8 Å². The van der Waals surface area contributed by atoms with Gasteiger partial charge in [-0.05, 0) is 20.8 Å². The van der Waals surface area contributed by atoms with Gasteiger partial charge in [-0.25, -0.2) is 9.97 Å². The third kappa shape index (κ3) is 4.58. The molecule has 0 saturated carbocycles. The molecule has 0 fully saturated rings. The number of nitrogens with zero attached hydrogens (tertiary/aromatic N) is 2. The number of aryl methyl sites for hydroxylation is 1. The van der Waals surface area contributed by atoms with E-state index in [1.54, 1.807) is 7.11 Å². The van der Waals surface area contributed by atoms with Crippen LogP contribution in [0.25, 0.3) is 0 Å². The van der Waals surface area contributed by atoms with Crippen molar-refractivity contribution in [1.29, 1.82) is 0 Å². The van der Waals surface area contributed by atoms with Gasteiger partial charge >= 0.3 is 0 Å². The van der Waals surface area contributed by atoms with Crippen LogP contribution in [0.2, 0.25) is 0 Å². The molecule has 1 aromatic rings. The molecule has 0 saturated heterocycles. The Morgan fingerprint density at radius 2 is 1.89 bits per heavy atom. The third-order valence-electron chi connectivity index (χ3n) is 2.68. The van der Waals surface area contributed by atoms with Gasteiger partial charge in [0.25, 0.3) is 0 Å². The van der Waals surface area contributed by atoms with Gasteiger partial charge in [-0.3, -0.25) is 0 Å². The summed E-state index contributed by atoms with van der Waals surface area (Å²) in [5.74, 6) is 1.75. The fourth-order valence-corrected chi connectivity index (χ4v) is 1.55. The number of nitrogens with one attached hydrogen (secondary N) is 1. The molecule has 18 heavy (non-hydrogen) atoms. The summed E-state index contributed by atoms with van der Waals surface area (Å²) in [6, 6.07) is 0. The van der Waals surface area contributed by atoms with E-state index in [1.807, 2.05) is 13.8 Å². The molecule has 0 aliphatic carbocycles. The predicted molar refractivity (Wildman–Crippen MR) is 72.1 cm³/mol. The maximum Gasteiger partial charge on any atom is 0.133 e. The van der Waals surface area contributed by atoms with Crippen molar-refractivity contribution in [2.24, 2.45) is 0 Å². The molecular weight excluding hydrogens is 230 g/mol. The second-order valence-corrected chi connectivity index (χ2v) is 4.08. The zero-order valence-electron chi connectivity index (χ0n) is 11.7. The van der Waals surface area contributed by atoms with Gasteiger partial charge in [0.05, 0.1) is 19.8 Å². The molecule has 102 valence electrons. The van der Waals surface area contributed by atoms with E-state index in [2.05, 4.69) is 22.2 Å². The first-order valence-electron chi connectivity index (χ1n) is 6.33. The highest BCUT2D eigenvalue weighted by Gasteiger charge is 2.07. The van der Waals surface area contributed by atoms with Gasteiger partial charge in [0.15, 0.2) is 0 Å². The molecule has 5 heteroatoms. The zero-order valence-corrected chi connectivity index (χ0v) is 11.7. The average molecular weight is 253 g/mol. The Balaban J connectivity index is 2.55. The predicted octanol–water partition coefficient (Wildman–Crippen LogP) is 1.73. The Hall–Kier alpha value is -1.20. The van der Waals surface area contributed by atoms with Gasteiger partial charge in [-0.15, -0.1) is 0 Å². The Bertz CT molecular complexity index is 369. The molecule has 0 amide bonds. The molecule has 0 aromatic carbocycles. The molecule has 0 aliphatic rings. The molecule has 1 N–H and O–H groups in total. The van der Waals surface area contributed by atoms with Crippen molar-refractivity contribution >= 4 is 5.82 Å². The summed E-state index contributed by atoms with van der Waals surface area (Å²) in [6.45, 7) is 8.82. The number of ether oxygens (including phenoxy) is 2. The summed E-state index contributed by atoms with van der Waals surface area (Å²) in [5, 5.41) is 3.26. The van der Waals surface area contributed by atoms with Gasteiger partial charge in [0.1, 0.15) is 11.6 Å². The molecule has 1 rings (SSSR count). The molecule has 0 bridgehead atoms. The van der Waals surface area contributed by atoms with Crippen LogP contribution >= 0.6 is 0 Å². The third-order valence-corrected chi connectivity index (χ3v) is 2.68. The minimum atomic E-state index is 0.613. The standard InChI is InChI=1S/C13H23N3O2/c1-5-14-13-10(2)11(3)15-12(16-13)6-7-18-9-8-17-4/h5-9H2,1-4H3,(H,14,15,16). The fourth-order valence-electron chi connectivity index (χ4n) is 1.55. The van der Waals surface area contributed by atoms with E-state index in [1.165, 1.54) is 0 Å². The van der Waals surface area contributed by atoms with Crippen LogP contribution in [-0.4, -0.2) is 43.4 Å². The highest BCUT2D eigenvalue weighted by molar-refractivity contribution is 5.45. The van der Waals surface area contributed by atoms with Crippen LogP contribution in [-0.2, 0) is 15.9 Å². The smallest absolute Gasteiger partial charge is 0.133 e. The van der Waals surface area contributed by atoms with Crippen LogP contribution in [0.3, 0.4) is 0 Å². The molecule has 5 nitrogen and oxygen atoms in total. The van der Waals surface area contributed by atoms with Crippen LogP contribution < -0.4 is 5.32 Å². The zero-order chi connectivity index (χ0) is 13.4. The maximum absolute atomic E-state index is 5.42. The van der Waals surface area contributed by atoms with Crippen molar-refractivity contribution in [3.05, 3.63) is 17.1 Å². The topological polar surface area (TPSA) is 56.3 Å². The monoisotopic (exact) mass is 253 g/mol. The van der Waals surface area contributed by atoms with E-state index in [4.69, 9.17) is 9.47 Å². The summed E-state index contributed by atoms with van der Waals surface area (Å²) in [7, 11) is 1.67. The quantitative estimate of drug-likeness (QED) is 0.715. The maximum atomic E-state index is 5.42. The van der Waals surface area contributed by atoms with Gasteiger partial charge in [-0.2, -0.15) is 0 Å². The molecule has 1 aromatic heterocycles.